The SMILES string of the molecule is CCCCn1ccnc1.CCCCn1ccnc1.O=C(O)C(=O)O. The highest BCUT2D eigenvalue weighted by Gasteiger charge is 2.04. The molecule has 0 aromatic carbocycles. The quantitative estimate of drug-likeness (QED) is 0.783. The molecule has 0 radical (unpaired) electrons. The molecule has 2 heterocycles. The molecule has 0 saturated heterocycles. The standard InChI is InChI=1S/2C7H12N2.C2H2O4/c2*1-2-3-5-9-6-4-8-7-9;3-1(4)2(5)6/h2*4,6-7H,2-3,5H2,1H3;(H,3,4)(H,5,6). The molecule has 2 N–H and O–H groups in total. The third-order valence-electron chi connectivity index (χ3n) is 2.84. The second-order valence-electron chi connectivity index (χ2n) is 4.92. The smallest absolute Gasteiger partial charge is 0.414 e. The van der Waals surface area contributed by atoms with E-state index in [2.05, 4.69) is 32.9 Å². The van der Waals surface area contributed by atoms with Gasteiger partial charge in [-0.05, 0) is 12.8 Å². The van der Waals surface area contributed by atoms with Gasteiger partial charge in [-0.2, -0.15) is 0 Å². The fourth-order valence-electron chi connectivity index (χ4n) is 1.52. The molecular formula is C16H26N4O4. The van der Waals surface area contributed by atoms with Crippen LogP contribution in [0.1, 0.15) is 39.5 Å². The van der Waals surface area contributed by atoms with Crippen molar-refractivity contribution in [1.29, 1.82) is 0 Å². The van der Waals surface area contributed by atoms with Crippen LogP contribution in [0, 0.1) is 0 Å². The number of aromatic nitrogens is 4. The van der Waals surface area contributed by atoms with Crippen molar-refractivity contribution in [2.24, 2.45) is 0 Å². The zero-order chi connectivity index (χ0) is 18.2. The van der Waals surface area contributed by atoms with Gasteiger partial charge in [0.1, 0.15) is 0 Å². The third kappa shape index (κ3) is 12.0. The minimum atomic E-state index is -1.82. The first-order valence-corrected chi connectivity index (χ1v) is 7.88. The van der Waals surface area contributed by atoms with Gasteiger partial charge in [-0.25, -0.2) is 19.6 Å². The van der Waals surface area contributed by atoms with Crippen molar-refractivity contribution in [3.8, 4) is 0 Å². The normalized spacial score (nSPS) is 9.25. The van der Waals surface area contributed by atoms with Crippen LogP contribution >= 0.6 is 0 Å². The molecule has 2 aromatic heterocycles. The average molecular weight is 338 g/mol. The summed E-state index contributed by atoms with van der Waals surface area (Å²) in [6.07, 6.45) is 16.3. The van der Waals surface area contributed by atoms with E-state index in [0.717, 1.165) is 13.1 Å². The highest BCUT2D eigenvalue weighted by Crippen LogP contribution is 1.93. The number of nitrogens with zero attached hydrogens (tertiary/aromatic N) is 4. The molecule has 0 fully saturated rings. The number of carboxylic acid groups (broad SMARTS) is 2. The van der Waals surface area contributed by atoms with Crippen LogP contribution < -0.4 is 0 Å². The van der Waals surface area contributed by atoms with Crippen molar-refractivity contribution in [1.82, 2.24) is 19.1 Å². The van der Waals surface area contributed by atoms with Gasteiger partial charge in [-0.1, -0.05) is 26.7 Å². The van der Waals surface area contributed by atoms with Crippen LogP contribution in [0.25, 0.3) is 0 Å². The van der Waals surface area contributed by atoms with E-state index in [0.29, 0.717) is 0 Å². The molecule has 2 rings (SSSR count). The number of aliphatic carboxylic acids is 2. The van der Waals surface area contributed by atoms with Crippen molar-refractivity contribution in [3.05, 3.63) is 37.4 Å². The molecule has 0 aliphatic carbocycles. The second-order valence-corrected chi connectivity index (χ2v) is 4.92. The number of rotatable bonds is 6. The van der Waals surface area contributed by atoms with Crippen molar-refractivity contribution >= 4 is 11.9 Å². The first-order chi connectivity index (χ1) is 11.5. The topological polar surface area (TPSA) is 110 Å². The number of aryl methyl sites for hydroxylation is 2. The van der Waals surface area contributed by atoms with E-state index >= 15 is 0 Å². The zero-order valence-corrected chi connectivity index (χ0v) is 14.2. The molecule has 8 nitrogen and oxygen atoms in total. The van der Waals surface area contributed by atoms with E-state index < -0.39 is 11.9 Å². The van der Waals surface area contributed by atoms with Gasteiger partial charge in [0, 0.05) is 37.9 Å². The summed E-state index contributed by atoms with van der Waals surface area (Å²) in [7, 11) is 0. The average Bonchev–Trinajstić information content (AvgIpc) is 3.25. The summed E-state index contributed by atoms with van der Waals surface area (Å²) in [5.41, 5.74) is 0. The largest absolute Gasteiger partial charge is 0.473 e. The zero-order valence-electron chi connectivity index (χ0n) is 14.2. The van der Waals surface area contributed by atoms with E-state index in [1.54, 1.807) is 0 Å². The molecule has 8 heteroatoms. The van der Waals surface area contributed by atoms with Crippen LogP contribution in [0.15, 0.2) is 37.4 Å². The van der Waals surface area contributed by atoms with Gasteiger partial charge in [0.05, 0.1) is 12.7 Å². The van der Waals surface area contributed by atoms with E-state index in [1.807, 2.05) is 37.4 Å². The van der Waals surface area contributed by atoms with Crippen LogP contribution in [0.2, 0.25) is 0 Å². The van der Waals surface area contributed by atoms with E-state index in [4.69, 9.17) is 19.8 Å². The summed E-state index contributed by atoms with van der Waals surface area (Å²) in [5.74, 6) is -3.65. The molecule has 0 aliphatic heterocycles. The Bertz CT molecular complexity index is 488. The maximum atomic E-state index is 9.10. The van der Waals surface area contributed by atoms with Crippen molar-refractivity contribution in [2.75, 3.05) is 0 Å². The predicted octanol–water partition coefficient (Wildman–Crippen LogP) is 2.52. The van der Waals surface area contributed by atoms with Crippen LogP contribution in [0.3, 0.4) is 0 Å². The molecule has 0 bridgehead atoms. The number of imidazole rings is 2. The number of hydrogen-bond acceptors (Lipinski definition) is 4. The van der Waals surface area contributed by atoms with Gasteiger partial charge < -0.3 is 19.3 Å². The van der Waals surface area contributed by atoms with Gasteiger partial charge in [0.25, 0.3) is 0 Å². The molecular weight excluding hydrogens is 312 g/mol. The predicted molar refractivity (Wildman–Crippen MR) is 89.5 cm³/mol. The lowest BCUT2D eigenvalue weighted by Gasteiger charge is -1.96. The van der Waals surface area contributed by atoms with Gasteiger partial charge in [0.2, 0.25) is 0 Å². The van der Waals surface area contributed by atoms with Crippen molar-refractivity contribution in [2.45, 2.75) is 52.6 Å². The number of hydrogen-bond donors (Lipinski definition) is 2. The minimum Gasteiger partial charge on any atom is -0.473 e. The fourth-order valence-corrected chi connectivity index (χ4v) is 1.52. The highest BCUT2D eigenvalue weighted by atomic mass is 16.4. The lowest BCUT2D eigenvalue weighted by atomic mass is 10.3. The Morgan fingerprint density at radius 1 is 0.833 bits per heavy atom. The maximum Gasteiger partial charge on any atom is 0.414 e. The summed E-state index contributed by atoms with van der Waals surface area (Å²) >= 11 is 0. The summed E-state index contributed by atoms with van der Waals surface area (Å²) in [6.45, 7) is 6.60. The van der Waals surface area contributed by atoms with Gasteiger partial charge in [-0.15, -0.1) is 0 Å². The summed E-state index contributed by atoms with van der Waals surface area (Å²) in [5, 5.41) is 14.8. The molecule has 24 heavy (non-hydrogen) atoms. The Labute approximate surface area is 141 Å². The summed E-state index contributed by atoms with van der Waals surface area (Å²) in [4.78, 5) is 26.1. The Morgan fingerprint density at radius 2 is 1.21 bits per heavy atom. The first-order valence-electron chi connectivity index (χ1n) is 7.88. The van der Waals surface area contributed by atoms with Crippen LogP contribution in [-0.2, 0) is 22.7 Å². The fraction of sp³-hybridized carbons (Fsp3) is 0.500. The van der Waals surface area contributed by atoms with Crippen molar-refractivity contribution in [3.63, 3.8) is 0 Å². The molecule has 0 unspecified atom stereocenters. The Kier molecular flexibility index (Phi) is 12.4. The van der Waals surface area contributed by atoms with Gasteiger partial charge in [-0.3, -0.25) is 0 Å². The Morgan fingerprint density at radius 3 is 1.42 bits per heavy atom. The van der Waals surface area contributed by atoms with Crippen LogP contribution in [0.4, 0.5) is 0 Å². The summed E-state index contributed by atoms with van der Waals surface area (Å²) in [6, 6.07) is 0. The molecule has 0 aliphatic rings. The molecule has 2 aromatic rings. The van der Waals surface area contributed by atoms with Crippen LogP contribution in [-0.4, -0.2) is 41.3 Å². The van der Waals surface area contributed by atoms with E-state index in [-0.39, 0.29) is 0 Å². The highest BCUT2D eigenvalue weighted by molar-refractivity contribution is 6.27. The number of unbranched alkanes of at least 4 members (excludes halogenated alkanes) is 2. The first kappa shape index (κ1) is 21.4. The summed E-state index contributed by atoms with van der Waals surface area (Å²) < 4.78 is 4.20. The molecule has 134 valence electrons. The third-order valence-corrected chi connectivity index (χ3v) is 2.84. The molecule has 0 atom stereocenters. The van der Waals surface area contributed by atoms with E-state index in [1.165, 1.54) is 25.7 Å². The van der Waals surface area contributed by atoms with Gasteiger partial charge in [0.15, 0.2) is 0 Å². The molecule has 0 amide bonds. The molecule has 0 spiro atoms. The minimum absolute atomic E-state index is 1.11. The number of carbonyl (C=O) groups is 2. The Hall–Kier alpha value is -2.64. The lowest BCUT2D eigenvalue weighted by molar-refractivity contribution is -0.159. The molecule has 0 saturated carbocycles. The van der Waals surface area contributed by atoms with Gasteiger partial charge >= 0.3 is 11.9 Å². The second kappa shape index (κ2) is 14.0. The Balaban J connectivity index is 0.000000340. The monoisotopic (exact) mass is 338 g/mol. The van der Waals surface area contributed by atoms with Crippen molar-refractivity contribution < 1.29 is 19.8 Å². The number of carboxylic acids is 2. The lowest BCUT2D eigenvalue weighted by Crippen LogP contribution is -2.09. The van der Waals surface area contributed by atoms with E-state index in [9.17, 15) is 0 Å². The van der Waals surface area contributed by atoms with Crippen LogP contribution in [0.5, 0.6) is 0 Å². The maximum absolute atomic E-state index is 9.10.